The number of carbonyl (C=O) groups excluding carboxylic acids is 1. The fraction of sp³-hybridized carbons (Fsp3) is 0.455. The first-order chi connectivity index (χ1) is 12.7. The number of hydrogen-bond donors (Lipinski definition) is 0. The summed E-state index contributed by atoms with van der Waals surface area (Å²) in [4.78, 5) is 16.6. The number of alkyl halides is 2. The van der Waals surface area contributed by atoms with Crippen LogP contribution in [0, 0.1) is 5.41 Å². The van der Waals surface area contributed by atoms with Crippen LogP contribution >= 0.6 is 0 Å². The second-order valence-electron chi connectivity index (χ2n) is 7.93. The Morgan fingerprint density at radius 1 is 1.07 bits per heavy atom. The highest BCUT2D eigenvalue weighted by atomic mass is 19.3. The summed E-state index contributed by atoms with van der Waals surface area (Å²) >= 11 is 0. The molecule has 5 heteroatoms. The van der Waals surface area contributed by atoms with Gasteiger partial charge >= 0.3 is 6.61 Å². The molecule has 0 unspecified atom stereocenters. The van der Waals surface area contributed by atoms with Crippen LogP contribution in [0.25, 0.3) is 0 Å². The lowest BCUT2D eigenvalue weighted by molar-refractivity contribution is -0.126. The first-order valence-electron chi connectivity index (χ1n) is 9.16. The minimum absolute atomic E-state index is 0.0416. The Labute approximate surface area is 159 Å². The lowest BCUT2D eigenvalue weighted by Gasteiger charge is -2.25. The van der Waals surface area contributed by atoms with E-state index in [1.165, 1.54) is 17.8 Å². The molecule has 0 aliphatic rings. The molecule has 2 atom stereocenters. The number of hydrogen-bond acceptors (Lipinski definition) is 3. The van der Waals surface area contributed by atoms with E-state index < -0.39 is 12.0 Å². The predicted molar refractivity (Wildman–Crippen MR) is 102 cm³/mol. The largest absolute Gasteiger partial charge is 0.417 e. The Morgan fingerprint density at radius 2 is 1.74 bits per heavy atom. The second kappa shape index (κ2) is 9.07. The zero-order chi connectivity index (χ0) is 20.0. The minimum atomic E-state index is -2.90. The van der Waals surface area contributed by atoms with Crippen molar-refractivity contribution >= 4 is 5.78 Å². The molecule has 0 saturated heterocycles. The zero-order valence-corrected chi connectivity index (χ0v) is 16.3. The molecule has 27 heavy (non-hydrogen) atoms. The van der Waals surface area contributed by atoms with Gasteiger partial charge in [-0.3, -0.25) is 4.79 Å². The molecule has 0 saturated carbocycles. The van der Waals surface area contributed by atoms with Crippen molar-refractivity contribution in [2.45, 2.75) is 59.0 Å². The van der Waals surface area contributed by atoms with E-state index in [1.807, 2.05) is 39.0 Å². The molecule has 0 bridgehead atoms. The molecule has 1 heterocycles. The summed E-state index contributed by atoms with van der Waals surface area (Å²) in [5, 5.41) is 0. The summed E-state index contributed by atoms with van der Waals surface area (Å²) in [5.74, 6) is 0.257. The topological polar surface area (TPSA) is 39.2 Å². The highest BCUT2D eigenvalue weighted by Crippen LogP contribution is 2.34. The number of pyridine rings is 1. The van der Waals surface area contributed by atoms with Gasteiger partial charge in [-0.05, 0) is 29.4 Å². The molecule has 1 aromatic heterocycles. The van der Waals surface area contributed by atoms with Gasteiger partial charge in [0, 0.05) is 24.1 Å². The van der Waals surface area contributed by atoms with Gasteiger partial charge in [-0.2, -0.15) is 8.78 Å². The van der Waals surface area contributed by atoms with Gasteiger partial charge in [0.05, 0.1) is 0 Å². The Hall–Kier alpha value is -2.30. The van der Waals surface area contributed by atoms with Gasteiger partial charge in [0.15, 0.2) is 0 Å². The molecule has 2 rings (SSSR count). The van der Waals surface area contributed by atoms with Crippen molar-refractivity contribution < 1.29 is 18.3 Å². The number of benzene rings is 1. The van der Waals surface area contributed by atoms with Crippen LogP contribution in [0.4, 0.5) is 8.78 Å². The third-order valence-electron chi connectivity index (χ3n) is 4.72. The van der Waals surface area contributed by atoms with Crippen LogP contribution in [0.3, 0.4) is 0 Å². The van der Waals surface area contributed by atoms with E-state index in [1.54, 1.807) is 6.07 Å². The molecule has 1 aromatic carbocycles. The third-order valence-corrected chi connectivity index (χ3v) is 4.72. The number of aromatic nitrogens is 1. The lowest BCUT2D eigenvalue weighted by atomic mass is 9.79. The maximum absolute atomic E-state index is 12.6. The van der Waals surface area contributed by atoms with Crippen LogP contribution in [0.1, 0.15) is 63.5 Å². The van der Waals surface area contributed by atoms with Gasteiger partial charge in [0.2, 0.25) is 5.88 Å². The molecule has 146 valence electrons. The summed E-state index contributed by atoms with van der Waals surface area (Å²) in [5.41, 5.74) is 1.63. The van der Waals surface area contributed by atoms with Crippen LogP contribution in [-0.2, 0) is 4.79 Å². The minimum Gasteiger partial charge on any atom is -0.417 e. The van der Waals surface area contributed by atoms with Crippen molar-refractivity contribution in [1.29, 1.82) is 0 Å². The lowest BCUT2D eigenvalue weighted by Crippen LogP contribution is -2.23. The van der Waals surface area contributed by atoms with E-state index in [9.17, 15) is 13.6 Å². The van der Waals surface area contributed by atoms with Crippen molar-refractivity contribution in [1.82, 2.24) is 4.98 Å². The first-order valence-corrected chi connectivity index (χ1v) is 9.16. The highest BCUT2D eigenvalue weighted by molar-refractivity contribution is 5.84. The van der Waals surface area contributed by atoms with E-state index in [4.69, 9.17) is 0 Å². The first kappa shape index (κ1) is 21.0. The standard InChI is InChI=1S/C22H27F2NO2/c1-15(16-8-6-5-7-9-16)12-18(13-19(26)22(2,3)4)17-10-11-20(25-14-17)27-21(23)24/h5-11,14-15,18,21H,12-13H2,1-4H3/t15-,18-/m0/s1. The molecule has 3 nitrogen and oxygen atoms in total. The van der Waals surface area contributed by atoms with Crippen molar-refractivity contribution in [2.24, 2.45) is 5.41 Å². The molecule has 0 aliphatic heterocycles. The van der Waals surface area contributed by atoms with Crippen molar-refractivity contribution in [3.8, 4) is 5.88 Å². The fourth-order valence-electron chi connectivity index (χ4n) is 3.01. The number of nitrogens with zero attached hydrogens (tertiary/aromatic N) is 1. The number of carbonyl (C=O) groups is 1. The van der Waals surface area contributed by atoms with E-state index in [2.05, 4.69) is 28.8 Å². The fourth-order valence-corrected chi connectivity index (χ4v) is 3.01. The molecule has 0 N–H and O–H groups in total. The van der Waals surface area contributed by atoms with Crippen LogP contribution in [-0.4, -0.2) is 17.4 Å². The third kappa shape index (κ3) is 6.42. The Kier molecular flexibility index (Phi) is 7.05. The van der Waals surface area contributed by atoms with Gasteiger partial charge in [0.1, 0.15) is 5.78 Å². The summed E-state index contributed by atoms with van der Waals surface area (Å²) in [6, 6.07) is 13.3. The van der Waals surface area contributed by atoms with E-state index >= 15 is 0 Å². The van der Waals surface area contributed by atoms with Crippen molar-refractivity contribution in [3.05, 3.63) is 59.8 Å². The van der Waals surface area contributed by atoms with Gasteiger partial charge < -0.3 is 4.74 Å². The normalized spacial score (nSPS) is 14.0. The molecule has 0 fully saturated rings. The Bertz CT molecular complexity index is 724. The number of Topliss-reactive ketones (excluding diaryl/α,β-unsaturated/α-hetero) is 1. The summed E-state index contributed by atoms with van der Waals surface area (Å²) in [7, 11) is 0. The average Bonchev–Trinajstić information content (AvgIpc) is 2.61. The van der Waals surface area contributed by atoms with Crippen LogP contribution in [0.15, 0.2) is 48.7 Å². The van der Waals surface area contributed by atoms with Crippen LogP contribution in [0.2, 0.25) is 0 Å². The quantitative estimate of drug-likeness (QED) is 0.571. The van der Waals surface area contributed by atoms with Crippen molar-refractivity contribution in [2.75, 3.05) is 0 Å². The van der Waals surface area contributed by atoms with Crippen LogP contribution < -0.4 is 4.74 Å². The molecule has 0 spiro atoms. The monoisotopic (exact) mass is 375 g/mol. The number of halogens is 2. The predicted octanol–water partition coefficient (Wildman–Crippen LogP) is 5.97. The SMILES string of the molecule is C[C@@H](C[C@@H](CC(=O)C(C)(C)C)c1ccc(OC(F)F)nc1)c1ccccc1. The van der Waals surface area contributed by atoms with E-state index in [0.29, 0.717) is 6.42 Å². The van der Waals surface area contributed by atoms with Crippen molar-refractivity contribution in [3.63, 3.8) is 0 Å². The highest BCUT2D eigenvalue weighted by Gasteiger charge is 2.27. The molecule has 0 radical (unpaired) electrons. The Morgan fingerprint density at radius 3 is 2.26 bits per heavy atom. The van der Waals surface area contributed by atoms with E-state index in [-0.39, 0.29) is 23.5 Å². The molecular weight excluding hydrogens is 348 g/mol. The molecular formula is C22H27F2NO2. The summed E-state index contributed by atoms with van der Waals surface area (Å²) in [6.07, 6.45) is 2.69. The molecule has 0 amide bonds. The van der Waals surface area contributed by atoms with Gasteiger partial charge in [-0.1, -0.05) is 64.1 Å². The summed E-state index contributed by atoms with van der Waals surface area (Å²) in [6.45, 7) is 4.95. The Balaban J connectivity index is 2.22. The van der Waals surface area contributed by atoms with Gasteiger partial charge in [-0.25, -0.2) is 4.98 Å². The molecule has 2 aromatic rings. The average molecular weight is 375 g/mol. The molecule has 0 aliphatic carbocycles. The van der Waals surface area contributed by atoms with Crippen LogP contribution in [0.5, 0.6) is 5.88 Å². The zero-order valence-electron chi connectivity index (χ0n) is 16.3. The maximum Gasteiger partial charge on any atom is 0.388 e. The smallest absolute Gasteiger partial charge is 0.388 e. The number of ketones is 1. The van der Waals surface area contributed by atoms with Gasteiger partial charge in [-0.15, -0.1) is 0 Å². The van der Waals surface area contributed by atoms with E-state index in [0.717, 1.165) is 12.0 Å². The number of ether oxygens (including phenoxy) is 1. The second-order valence-corrected chi connectivity index (χ2v) is 7.93. The number of rotatable bonds is 8. The maximum atomic E-state index is 12.6. The summed E-state index contributed by atoms with van der Waals surface area (Å²) < 4.78 is 29.0. The van der Waals surface area contributed by atoms with Gasteiger partial charge in [0.25, 0.3) is 0 Å².